The van der Waals surface area contributed by atoms with E-state index in [0.29, 0.717) is 16.4 Å². The number of rotatable bonds is 9. The van der Waals surface area contributed by atoms with E-state index in [-0.39, 0.29) is 47.9 Å². The number of nitrogens with two attached hydrogens (primary N) is 2. The lowest BCUT2D eigenvalue weighted by molar-refractivity contribution is -0.748. The number of benzene rings is 5. The third-order valence-electron chi connectivity index (χ3n) is 10.8. The van der Waals surface area contributed by atoms with E-state index in [1.165, 1.54) is 11.3 Å². The number of hydrogen-bond acceptors (Lipinski definition) is 7. The molecule has 0 radical (unpaired) electrons. The minimum atomic E-state index is 0. The molecule has 0 saturated heterocycles. The second-order valence-electron chi connectivity index (χ2n) is 16.2. The van der Waals surface area contributed by atoms with Crippen molar-refractivity contribution in [3.8, 4) is 5.75 Å². The standard InChI is InChI=1S/C15H13ClN4O.C14H16N3.2C14H14N2.4CH4.ClH/c1-19-9-10-3-8-13(21)14(15(10)20(19)2)18-17-12-6-4-11(16)5-7-12;1-16-10-8-13(9-11-16)12-15-17(2)14-6-4-3-5-7-14;1-16-10-8-13(9-11-16)3-2-12-4-6-14(15)7-5-12;1-16-11-3-2-4-14(16)10-7-12-5-8-13(15)9-6-12;;;;;/h3-9H,1-2H3;3-12H,1-2H3;2*2-11,15H,1H3;4*1H4;1H/q;+1;;;;;;;/p+2. The first kappa shape index (κ1) is 64.6. The number of fused-ring (bicyclic) bond motifs is 1. The van der Waals surface area contributed by atoms with Crippen molar-refractivity contribution in [2.45, 2.75) is 29.7 Å². The quantitative estimate of drug-likeness (QED) is 0.0437. The third-order valence-corrected chi connectivity index (χ3v) is 11.0. The Labute approximate surface area is 457 Å². The molecule has 0 amide bonds. The Bertz CT molecular complexity index is 3130. The zero-order chi connectivity index (χ0) is 49.8. The van der Waals surface area contributed by atoms with Crippen molar-refractivity contribution in [1.82, 2.24) is 4.68 Å². The Morgan fingerprint density at radius 2 is 1.05 bits per heavy atom. The normalized spacial score (nSPS) is 10.3. The molecule has 0 atom stereocenters. The molecule has 392 valence electrons. The van der Waals surface area contributed by atoms with Crippen LogP contribution in [0.25, 0.3) is 35.2 Å². The maximum atomic E-state index is 10.1. The molecule has 75 heavy (non-hydrogen) atoms. The third kappa shape index (κ3) is 20.5. The average molecular weight is 1050 g/mol. The molecular formula is C61H76Cl2N11O+3. The van der Waals surface area contributed by atoms with Crippen LogP contribution in [0.1, 0.15) is 57.7 Å². The first-order valence-corrected chi connectivity index (χ1v) is 22.8. The number of aryl methyl sites for hydroxylation is 5. The fourth-order valence-corrected chi connectivity index (χ4v) is 6.70. The monoisotopic (exact) mass is 1050 g/mol. The zero-order valence-electron chi connectivity index (χ0n) is 40.7. The number of hydrazone groups is 1. The van der Waals surface area contributed by atoms with Gasteiger partial charge in [-0.3, -0.25) is 5.01 Å². The van der Waals surface area contributed by atoms with Gasteiger partial charge in [-0.15, -0.1) is 9.80 Å². The van der Waals surface area contributed by atoms with Crippen LogP contribution >= 0.6 is 11.6 Å². The fourth-order valence-electron chi connectivity index (χ4n) is 6.57. The summed E-state index contributed by atoms with van der Waals surface area (Å²) in [5.74, 6) is 0.0991. The highest BCUT2D eigenvalue weighted by Crippen LogP contribution is 2.35. The lowest BCUT2D eigenvalue weighted by Crippen LogP contribution is -3.00. The van der Waals surface area contributed by atoms with Crippen LogP contribution in [0.15, 0.2) is 210 Å². The van der Waals surface area contributed by atoms with Gasteiger partial charge in [0.15, 0.2) is 43.7 Å². The molecule has 12 nitrogen and oxygen atoms in total. The number of halogens is 2. The molecular weight excluding hydrogens is 974 g/mol. The van der Waals surface area contributed by atoms with Gasteiger partial charge in [0.25, 0.3) is 0 Å². The highest BCUT2D eigenvalue weighted by Gasteiger charge is 2.16. The number of para-hydroxylation sites is 1. The molecule has 0 aliphatic heterocycles. The smallest absolute Gasteiger partial charge is 0.204 e. The van der Waals surface area contributed by atoms with Crippen LogP contribution in [0.5, 0.6) is 5.75 Å². The highest BCUT2D eigenvalue weighted by atomic mass is 35.5. The van der Waals surface area contributed by atoms with Crippen LogP contribution in [0.2, 0.25) is 5.02 Å². The SMILES string of the molecule is C.C.C.C.CN(N=Cc1cc[n+](C)cc1)c1ccccc1.C[n+]1ccc(C=Cc2ccc(N)cc2)cc1.C[n+]1ccccc1C=Cc1ccc(N)cc1.Cn1c2c(N=Nc3ccc(Cl)cc3)c(O)ccc2c[n+]1C.[Cl-]. The van der Waals surface area contributed by atoms with Crippen molar-refractivity contribution in [2.24, 2.45) is 50.6 Å². The topological polar surface area (TPSA) is 133 Å². The first-order valence-electron chi connectivity index (χ1n) is 22.4. The molecule has 4 heterocycles. The maximum absolute atomic E-state index is 10.1. The molecule has 0 aliphatic rings. The van der Waals surface area contributed by atoms with Gasteiger partial charge in [-0.05, 0) is 102 Å². The van der Waals surface area contributed by atoms with Gasteiger partial charge in [0, 0.05) is 71.5 Å². The van der Waals surface area contributed by atoms with E-state index in [2.05, 4.69) is 62.4 Å². The van der Waals surface area contributed by atoms with Crippen molar-refractivity contribution in [2.75, 3.05) is 23.5 Å². The largest absolute Gasteiger partial charge is 1.00 e. The second-order valence-corrected chi connectivity index (χ2v) is 16.6. The van der Waals surface area contributed by atoms with Gasteiger partial charge in [-0.1, -0.05) is 95.9 Å². The van der Waals surface area contributed by atoms with E-state index in [9.17, 15) is 5.11 Å². The lowest BCUT2D eigenvalue weighted by atomic mass is 10.1. The number of aromatic nitrogens is 5. The van der Waals surface area contributed by atoms with E-state index in [1.807, 2.05) is 218 Å². The maximum Gasteiger partial charge on any atom is 0.204 e. The fraction of sp³-hybridized carbons (Fsp3) is 0.164. The van der Waals surface area contributed by atoms with Gasteiger partial charge in [0.1, 0.15) is 32.4 Å². The molecule has 14 heteroatoms. The van der Waals surface area contributed by atoms with E-state index in [1.54, 1.807) is 30.3 Å². The van der Waals surface area contributed by atoms with Crippen LogP contribution in [-0.4, -0.2) is 23.1 Å². The molecule has 0 bridgehead atoms. The molecule has 5 aromatic carbocycles. The molecule has 9 aromatic rings. The number of phenolic OH excluding ortho intramolecular Hbond substituents is 1. The van der Waals surface area contributed by atoms with Crippen molar-refractivity contribution >= 4 is 81.5 Å². The summed E-state index contributed by atoms with van der Waals surface area (Å²) >= 11 is 5.84. The molecule has 0 spiro atoms. The van der Waals surface area contributed by atoms with Crippen molar-refractivity contribution < 1.29 is 35.9 Å². The number of azo groups is 1. The average Bonchev–Trinajstić information content (AvgIpc) is 3.67. The molecule has 0 fully saturated rings. The number of anilines is 3. The molecule has 0 unspecified atom stereocenters. The Kier molecular flexibility index (Phi) is 28.1. The summed E-state index contributed by atoms with van der Waals surface area (Å²) in [6.07, 6.45) is 22.3. The first-order chi connectivity index (χ1) is 33.8. The number of phenols is 1. The molecule has 5 N–H and O–H groups in total. The summed E-state index contributed by atoms with van der Waals surface area (Å²) < 4.78 is 9.92. The Morgan fingerprint density at radius 1 is 0.560 bits per heavy atom. The summed E-state index contributed by atoms with van der Waals surface area (Å²) in [5.41, 5.74) is 21.6. The molecule has 4 aromatic heterocycles. The highest BCUT2D eigenvalue weighted by molar-refractivity contribution is 6.30. The van der Waals surface area contributed by atoms with E-state index in [0.717, 1.165) is 44.7 Å². The van der Waals surface area contributed by atoms with Crippen molar-refractivity contribution in [1.29, 1.82) is 0 Å². The number of nitrogen functional groups attached to an aromatic ring is 2. The second kappa shape index (κ2) is 32.6. The van der Waals surface area contributed by atoms with Crippen LogP contribution in [0.4, 0.5) is 28.4 Å². The van der Waals surface area contributed by atoms with Gasteiger partial charge in [-0.25, -0.2) is 13.7 Å². The van der Waals surface area contributed by atoms with Crippen LogP contribution in [0, 0.1) is 0 Å². The Hall–Kier alpha value is -8.45. The van der Waals surface area contributed by atoms with Crippen LogP contribution < -0.4 is 47.3 Å². The van der Waals surface area contributed by atoms with Crippen molar-refractivity contribution in [3.63, 3.8) is 0 Å². The predicted molar refractivity (Wildman–Crippen MR) is 313 cm³/mol. The minimum Gasteiger partial charge on any atom is -1.00 e. The van der Waals surface area contributed by atoms with Crippen LogP contribution in [-0.2, 0) is 35.2 Å². The number of nitrogens with zero attached hydrogens (tertiary/aromatic N) is 9. The summed E-state index contributed by atoms with van der Waals surface area (Å²) in [6.45, 7) is 0. The summed E-state index contributed by atoms with van der Waals surface area (Å²) in [7, 11) is 11.8. The lowest BCUT2D eigenvalue weighted by Gasteiger charge is -2.11. The predicted octanol–water partition coefficient (Wildman–Crippen LogP) is 9.83. The number of pyridine rings is 3. The minimum absolute atomic E-state index is 0. The summed E-state index contributed by atoms with van der Waals surface area (Å²) in [4.78, 5) is 0. The Balaban J connectivity index is 0.000000492. The number of hydrogen-bond donors (Lipinski definition) is 3. The summed E-state index contributed by atoms with van der Waals surface area (Å²) in [5, 5.41) is 26.3. The summed E-state index contributed by atoms with van der Waals surface area (Å²) in [6, 6.07) is 50.6. The van der Waals surface area contributed by atoms with Crippen molar-refractivity contribution in [3.05, 3.63) is 228 Å². The van der Waals surface area contributed by atoms with Gasteiger partial charge >= 0.3 is 0 Å². The van der Waals surface area contributed by atoms with Gasteiger partial charge in [-0.2, -0.15) is 14.9 Å². The van der Waals surface area contributed by atoms with Gasteiger partial charge < -0.3 is 29.0 Å². The Morgan fingerprint density at radius 3 is 1.59 bits per heavy atom. The van der Waals surface area contributed by atoms with E-state index in [4.69, 9.17) is 23.1 Å². The molecule has 9 rings (SSSR count). The zero-order valence-corrected chi connectivity index (χ0v) is 42.3. The molecule has 0 saturated carbocycles. The van der Waals surface area contributed by atoms with Gasteiger partial charge in [0.2, 0.25) is 11.9 Å². The van der Waals surface area contributed by atoms with Crippen LogP contribution in [0.3, 0.4) is 0 Å². The number of aromatic hydroxyl groups is 1. The van der Waals surface area contributed by atoms with Gasteiger partial charge in [0.05, 0.1) is 30.0 Å². The van der Waals surface area contributed by atoms with E-state index >= 15 is 0 Å². The molecule has 0 aliphatic carbocycles. The van der Waals surface area contributed by atoms with E-state index < -0.39 is 0 Å².